The summed E-state index contributed by atoms with van der Waals surface area (Å²) < 4.78 is 48.9. The molecule has 5 aromatic rings. The van der Waals surface area contributed by atoms with Gasteiger partial charge in [-0.05, 0) is 48.0 Å². The van der Waals surface area contributed by atoms with E-state index in [1.807, 2.05) is 12.1 Å². The molecule has 12 heteroatoms. The molecule has 0 aliphatic rings. The highest BCUT2D eigenvalue weighted by Gasteiger charge is 2.36. The molecular weight excluding hydrogens is 509 g/mol. The minimum absolute atomic E-state index is 0.0337. The van der Waals surface area contributed by atoms with Crippen molar-refractivity contribution in [2.24, 2.45) is 0 Å². The fraction of sp³-hybridized carbons (Fsp3) is 0.120. The first kappa shape index (κ1) is 24.3. The average molecular weight is 527 g/mol. The smallest absolute Gasteiger partial charge is 0.433 e. The number of halogens is 4. The first-order valence-electron chi connectivity index (χ1n) is 10.9. The maximum Gasteiger partial charge on any atom is 0.433 e. The van der Waals surface area contributed by atoms with Gasteiger partial charge >= 0.3 is 6.18 Å². The van der Waals surface area contributed by atoms with E-state index in [-0.39, 0.29) is 16.9 Å². The summed E-state index contributed by atoms with van der Waals surface area (Å²) in [5.41, 5.74) is 0.305. The number of alkyl halides is 3. The number of carbonyl (C=O) groups excluding carboxylic acids is 1. The highest BCUT2D eigenvalue weighted by Crippen LogP contribution is 2.33. The molecule has 0 aliphatic heterocycles. The number of methoxy groups -OCH3 is 1. The Morgan fingerprint density at radius 3 is 2.57 bits per heavy atom. The van der Waals surface area contributed by atoms with Gasteiger partial charge in [-0.1, -0.05) is 23.7 Å². The lowest BCUT2D eigenvalue weighted by Crippen LogP contribution is -2.15. The topological polar surface area (TPSA) is 86.3 Å². The largest absolute Gasteiger partial charge is 0.497 e. The molecule has 3 heterocycles. The molecule has 1 amide bonds. The molecule has 0 bridgehead atoms. The lowest BCUT2D eigenvalue weighted by molar-refractivity contribution is -0.142. The van der Waals surface area contributed by atoms with Crippen molar-refractivity contribution >= 4 is 28.8 Å². The number of nitrogens with zero attached hydrogens (tertiary/aromatic N) is 5. The molecule has 37 heavy (non-hydrogen) atoms. The third-order valence-electron chi connectivity index (χ3n) is 5.52. The number of hydrogen-bond acceptors (Lipinski definition) is 5. The molecule has 0 saturated carbocycles. The zero-order chi connectivity index (χ0) is 26.2. The molecular formula is C25H18ClF3N6O2. The Morgan fingerprint density at radius 2 is 1.86 bits per heavy atom. The summed E-state index contributed by atoms with van der Waals surface area (Å²) in [6, 6.07) is 14.5. The summed E-state index contributed by atoms with van der Waals surface area (Å²) in [6.07, 6.45) is -0.641. The van der Waals surface area contributed by atoms with Crippen molar-refractivity contribution in [2.75, 3.05) is 12.4 Å². The van der Waals surface area contributed by atoms with E-state index in [0.717, 1.165) is 17.8 Å². The number of benzene rings is 2. The highest BCUT2D eigenvalue weighted by molar-refractivity contribution is 6.30. The van der Waals surface area contributed by atoms with Crippen LogP contribution >= 0.6 is 11.6 Å². The van der Waals surface area contributed by atoms with E-state index in [9.17, 15) is 18.0 Å². The van der Waals surface area contributed by atoms with Crippen molar-refractivity contribution < 1.29 is 22.7 Å². The van der Waals surface area contributed by atoms with Gasteiger partial charge in [-0.25, -0.2) is 9.50 Å². The highest BCUT2D eigenvalue weighted by atomic mass is 35.5. The summed E-state index contributed by atoms with van der Waals surface area (Å²) in [6.45, 7) is 0.412. The fourth-order valence-corrected chi connectivity index (χ4v) is 3.98. The number of rotatable bonds is 6. The number of ether oxygens (including phenoxy) is 1. The first-order chi connectivity index (χ1) is 17.7. The van der Waals surface area contributed by atoms with E-state index in [0.29, 0.717) is 33.1 Å². The van der Waals surface area contributed by atoms with Crippen LogP contribution in [0.25, 0.3) is 16.9 Å². The second-order valence-corrected chi connectivity index (χ2v) is 8.49. The van der Waals surface area contributed by atoms with Gasteiger partial charge in [0.05, 0.1) is 37.4 Å². The Bertz CT molecular complexity index is 1590. The van der Waals surface area contributed by atoms with Crippen molar-refractivity contribution in [3.8, 4) is 17.0 Å². The molecule has 2 aromatic carbocycles. The number of hydrogen-bond donors (Lipinski definition) is 1. The van der Waals surface area contributed by atoms with Crippen LogP contribution in [0.1, 0.15) is 21.6 Å². The van der Waals surface area contributed by atoms with Gasteiger partial charge in [-0.3, -0.25) is 9.48 Å². The molecule has 1 N–H and O–H groups in total. The predicted octanol–water partition coefficient (Wildman–Crippen LogP) is 5.57. The van der Waals surface area contributed by atoms with Gasteiger partial charge in [0.15, 0.2) is 11.3 Å². The summed E-state index contributed by atoms with van der Waals surface area (Å²) in [4.78, 5) is 17.4. The molecule has 0 aliphatic carbocycles. The lowest BCUT2D eigenvalue weighted by Gasteiger charge is -2.12. The second-order valence-electron chi connectivity index (χ2n) is 8.06. The van der Waals surface area contributed by atoms with Gasteiger partial charge in [0.25, 0.3) is 5.91 Å². The zero-order valence-corrected chi connectivity index (χ0v) is 20.0. The van der Waals surface area contributed by atoms with Crippen LogP contribution in [-0.2, 0) is 12.7 Å². The first-order valence-corrected chi connectivity index (χ1v) is 11.3. The van der Waals surface area contributed by atoms with E-state index < -0.39 is 17.8 Å². The molecule has 188 valence electrons. The van der Waals surface area contributed by atoms with E-state index >= 15 is 0 Å². The summed E-state index contributed by atoms with van der Waals surface area (Å²) >= 11 is 6.02. The van der Waals surface area contributed by atoms with Gasteiger partial charge in [-0.2, -0.15) is 23.4 Å². The molecule has 3 aromatic heterocycles. The number of anilines is 1. The third-order valence-corrected chi connectivity index (χ3v) is 5.75. The minimum atomic E-state index is -4.73. The van der Waals surface area contributed by atoms with Crippen molar-refractivity contribution in [3.63, 3.8) is 0 Å². The maximum atomic E-state index is 13.9. The summed E-state index contributed by atoms with van der Waals surface area (Å²) in [7, 11) is 1.49. The molecule has 0 unspecified atom stereocenters. The van der Waals surface area contributed by atoms with E-state index in [2.05, 4.69) is 20.5 Å². The molecule has 8 nitrogen and oxygen atoms in total. The van der Waals surface area contributed by atoms with Gasteiger partial charge in [0, 0.05) is 16.8 Å². The molecule has 5 rings (SSSR count). The van der Waals surface area contributed by atoms with Crippen molar-refractivity contribution in [2.45, 2.75) is 12.7 Å². The van der Waals surface area contributed by atoms with Gasteiger partial charge in [0.1, 0.15) is 11.3 Å². The Balaban J connectivity index is 1.46. The molecule has 0 fully saturated rings. The van der Waals surface area contributed by atoms with Crippen LogP contribution in [0, 0.1) is 0 Å². The molecule has 0 radical (unpaired) electrons. The lowest BCUT2D eigenvalue weighted by atomic mass is 10.1. The minimum Gasteiger partial charge on any atom is -0.497 e. The fourth-order valence-electron chi connectivity index (χ4n) is 3.77. The number of fused-ring (bicyclic) bond motifs is 1. The Kier molecular flexibility index (Phi) is 6.30. The maximum absolute atomic E-state index is 13.9. The van der Waals surface area contributed by atoms with Crippen LogP contribution in [-0.4, -0.2) is 37.4 Å². The Labute approximate surface area is 213 Å². The van der Waals surface area contributed by atoms with Crippen LogP contribution in [0.3, 0.4) is 0 Å². The predicted molar refractivity (Wildman–Crippen MR) is 131 cm³/mol. The molecule has 0 spiro atoms. The number of carbonyl (C=O) groups is 1. The number of nitrogens with one attached hydrogen (secondary N) is 1. The Hall–Kier alpha value is -4.38. The summed E-state index contributed by atoms with van der Waals surface area (Å²) in [5.74, 6) is -0.133. The van der Waals surface area contributed by atoms with E-state index in [1.165, 1.54) is 13.3 Å². The number of amides is 1. The molecule has 0 saturated heterocycles. The monoisotopic (exact) mass is 526 g/mol. The quantitative estimate of drug-likeness (QED) is 0.312. The number of aromatic nitrogens is 5. The van der Waals surface area contributed by atoms with Gasteiger partial charge in [0.2, 0.25) is 0 Å². The zero-order valence-electron chi connectivity index (χ0n) is 19.2. The van der Waals surface area contributed by atoms with Crippen LogP contribution < -0.4 is 10.1 Å². The second kappa shape index (κ2) is 9.58. The van der Waals surface area contributed by atoms with E-state index in [4.69, 9.17) is 16.3 Å². The molecule has 0 atom stereocenters. The SMILES string of the molecule is COc1ccc(-c2cc(C(F)(F)F)n3ncc(C(=O)Nc4cnn(Cc5cccc(Cl)c5)c4)c3n2)cc1. The summed E-state index contributed by atoms with van der Waals surface area (Å²) in [5, 5.41) is 11.3. The van der Waals surface area contributed by atoms with Crippen LogP contribution in [0.5, 0.6) is 5.75 Å². The van der Waals surface area contributed by atoms with Crippen LogP contribution in [0.4, 0.5) is 18.9 Å². The van der Waals surface area contributed by atoms with E-state index in [1.54, 1.807) is 47.3 Å². The van der Waals surface area contributed by atoms with Crippen LogP contribution in [0.2, 0.25) is 5.02 Å². The van der Waals surface area contributed by atoms with Crippen LogP contribution in [0.15, 0.2) is 73.2 Å². The average Bonchev–Trinajstić information content (AvgIpc) is 3.49. The normalized spacial score (nSPS) is 11.6. The Morgan fingerprint density at radius 1 is 1.08 bits per heavy atom. The van der Waals surface area contributed by atoms with Crippen molar-refractivity contribution in [1.29, 1.82) is 0 Å². The standard InChI is InChI=1S/C25H18ClF3N6O2/c1-37-19-7-5-16(6-8-19)21-10-22(25(27,28)29)35-23(33-21)20(12-31-35)24(36)32-18-11-30-34(14-18)13-15-3-2-4-17(26)9-15/h2-12,14H,13H2,1H3,(H,32,36). The van der Waals surface area contributed by atoms with Crippen molar-refractivity contribution in [3.05, 3.63) is 95.0 Å². The van der Waals surface area contributed by atoms with Crippen molar-refractivity contribution in [1.82, 2.24) is 24.4 Å². The van der Waals surface area contributed by atoms with Gasteiger partial charge in [-0.15, -0.1) is 0 Å². The van der Waals surface area contributed by atoms with Gasteiger partial charge < -0.3 is 10.1 Å². The third kappa shape index (κ3) is 5.12.